The summed E-state index contributed by atoms with van der Waals surface area (Å²) in [6.07, 6.45) is 1.72. The minimum absolute atomic E-state index is 0.0636. The minimum atomic E-state index is -0.449. The van der Waals surface area contributed by atoms with Crippen LogP contribution in [0.1, 0.15) is 0 Å². The molecule has 2 aromatic carbocycles. The molecule has 0 aliphatic heterocycles. The van der Waals surface area contributed by atoms with Crippen molar-refractivity contribution in [1.29, 1.82) is 0 Å². The first-order valence-electron chi connectivity index (χ1n) is 5.58. The van der Waals surface area contributed by atoms with Crippen LogP contribution in [-0.4, -0.2) is 10.1 Å². The van der Waals surface area contributed by atoms with Gasteiger partial charge in [0.15, 0.2) is 0 Å². The van der Waals surface area contributed by atoms with E-state index < -0.39 is 5.82 Å². The van der Waals surface area contributed by atoms with Crippen LogP contribution in [0.4, 0.5) is 4.39 Å². The number of nitrogens with zero attached hydrogens (tertiary/aromatic N) is 1. The van der Waals surface area contributed by atoms with E-state index >= 15 is 0 Å². The predicted octanol–water partition coefficient (Wildman–Crippen LogP) is 3.75. The van der Waals surface area contributed by atoms with Crippen LogP contribution >= 0.6 is 0 Å². The lowest BCUT2D eigenvalue weighted by Crippen LogP contribution is -1.85. The highest BCUT2D eigenvalue weighted by Crippen LogP contribution is 2.33. The second-order valence-electron chi connectivity index (χ2n) is 4.04. The number of aromatic hydroxyl groups is 1. The Morgan fingerprint density at radius 1 is 0.944 bits per heavy atom. The van der Waals surface area contributed by atoms with Crippen molar-refractivity contribution in [1.82, 2.24) is 4.98 Å². The molecule has 3 heteroatoms. The Hall–Kier alpha value is -2.42. The number of aromatic nitrogens is 1. The van der Waals surface area contributed by atoms with Gasteiger partial charge in [0.25, 0.3) is 0 Å². The molecule has 0 spiro atoms. The van der Waals surface area contributed by atoms with Gasteiger partial charge in [-0.05, 0) is 29.8 Å². The van der Waals surface area contributed by atoms with Gasteiger partial charge in [0, 0.05) is 23.2 Å². The minimum Gasteiger partial charge on any atom is -0.507 e. The molecule has 18 heavy (non-hydrogen) atoms. The molecule has 88 valence electrons. The summed E-state index contributed by atoms with van der Waals surface area (Å²) in [7, 11) is 0. The van der Waals surface area contributed by atoms with Crippen LogP contribution < -0.4 is 0 Å². The molecule has 0 fully saturated rings. The van der Waals surface area contributed by atoms with Gasteiger partial charge in [0.2, 0.25) is 0 Å². The summed E-state index contributed by atoms with van der Waals surface area (Å²) in [5, 5.41) is 10.8. The first-order chi connectivity index (χ1) is 8.75. The molecule has 0 radical (unpaired) electrons. The Morgan fingerprint density at radius 2 is 1.83 bits per heavy atom. The average Bonchev–Trinajstić information content (AvgIpc) is 2.38. The van der Waals surface area contributed by atoms with Gasteiger partial charge >= 0.3 is 0 Å². The van der Waals surface area contributed by atoms with Crippen molar-refractivity contribution in [3.63, 3.8) is 0 Å². The summed E-state index contributed by atoms with van der Waals surface area (Å²) in [4.78, 5) is 4.26. The van der Waals surface area contributed by atoms with Crippen molar-refractivity contribution in [3.05, 3.63) is 60.5 Å². The van der Waals surface area contributed by atoms with E-state index in [0.29, 0.717) is 5.56 Å². The largest absolute Gasteiger partial charge is 0.507 e. The molecule has 0 aliphatic carbocycles. The monoisotopic (exact) mass is 239 g/mol. The third-order valence-electron chi connectivity index (χ3n) is 2.90. The number of phenols is 1. The number of hydrogen-bond donors (Lipinski definition) is 1. The topological polar surface area (TPSA) is 33.1 Å². The van der Waals surface area contributed by atoms with Crippen LogP contribution in [0.15, 0.2) is 54.7 Å². The highest BCUT2D eigenvalue weighted by atomic mass is 19.1. The van der Waals surface area contributed by atoms with E-state index in [2.05, 4.69) is 4.98 Å². The van der Waals surface area contributed by atoms with E-state index in [1.165, 1.54) is 6.07 Å². The Labute approximate surface area is 103 Å². The molecule has 0 saturated heterocycles. The molecule has 0 unspecified atom stereocenters. The van der Waals surface area contributed by atoms with Gasteiger partial charge in [-0.25, -0.2) is 4.39 Å². The molecule has 1 N–H and O–H groups in total. The summed E-state index contributed by atoms with van der Waals surface area (Å²) >= 11 is 0. The van der Waals surface area contributed by atoms with Crippen molar-refractivity contribution in [2.45, 2.75) is 0 Å². The fourth-order valence-corrected chi connectivity index (χ4v) is 2.07. The molecule has 0 atom stereocenters. The van der Waals surface area contributed by atoms with E-state index in [9.17, 15) is 9.50 Å². The zero-order valence-electron chi connectivity index (χ0n) is 9.47. The van der Waals surface area contributed by atoms with Crippen LogP contribution in [0.3, 0.4) is 0 Å². The fraction of sp³-hybridized carbons (Fsp3) is 0. The number of pyridine rings is 1. The molecule has 1 heterocycles. The van der Waals surface area contributed by atoms with Crippen LogP contribution in [0.25, 0.3) is 22.0 Å². The molecule has 0 amide bonds. The third kappa shape index (κ3) is 1.70. The fourth-order valence-electron chi connectivity index (χ4n) is 2.07. The second-order valence-corrected chi connectivity index (χ2v) is 4.04. The second kappa shape index (κ2) is 4.11. The van der Waals surface area contributed by atoms with Gasteiger partial charge in [0.1, 0.15) is 11.6 Å². The Bertz CT molecular complexity index is 719. The molecule has 0 saturated carbocycles. The van der Waals surface area contributed by atoms with E-state index in [1.807, 2.05) is 30.3 Å². The van der Waals surface area contributed by atoms with Crippen molar-refractivity contribution in [2.75, 3.05) is 0 Å². The molecule has 3 aromatic rings. The number of benzene rings is 2. The number of fused-ring (bicyclic) bond motifs is 1. The molecule has 1 aromatic heterocycles. The smallest absolute Gasteiger partial charge is 0.126 e. The highest BCUT2D eigenvalue weighted by Gasteiger charge is 2.08. The summed E-state index contributed by atoms with van der Waals surface area (Å²) < 4.78 is 13.0. The molecular weight excluding hydrogens is 229 g/mol. The van der Waals surface area contributed by atoms with E-state index in [0.717, 1.165) is 22.5 Å². The Kier molecular flexibility index (Phi) is 2.45. The van der Waals surface area contributed by atoms with Crippen molar-refractivity contribution < 1.29 is 9.50 Å². The Balaban J connectivity index is 2.31. The van der Waals surface area contributed by atoms with E-state index in [1.54, 1.807) is 12.3 Å². The summed E-state index contributed by atoms with van der Waals surface area (Å²) in [5.74, 6) is -0.513. The predicted molar refractivity (Wildman–Crippen MR) is 68.8 cm³/mol. The molecular formula is C15H10FNO. The summed E-state index contributed by atoms with van der Waals surface area (Å²) in [5.41, 5.74) is 2.30. The maximum atomic E-state index is 13.0. The molecule has 0 bridgehead atoms. The van der Waals surface area contributed by atoms with Gasteiger partial charge < -0.3 is 5.11 Å². The van der Waals surface area contributed by atoms with Gasteiger partial charge in [-0.1, -0.05) is 18.2 Å². The van der Waals surface area contributed by atoms with Crippen molar-refractivity contribution >= 4 is 10.9 Å². The average molecular weight is 239 g/mol. The van der Waals surface area contributed by atoms with Crippen molar-refractivity contribution in [2.24, 2.45) is 0 Å². The quantitative estimate of drug-likeness (QED) is 0.701. The maximum Gasteiger partial charge on any atom is 0.126 e. The van der Waals surface area contributed by atoms with Gasteiger partial charge in [-0.15, -0.1) is 0 Å². The standard InChI is InChI=1S/C15H10FNO/c16-10-6-7-13(15(18)9-10)11-3-1-5-14-12(11)4-2-8-17-14/h1-9,18H. The van der Waals surface area contributed by atoms with E-state index in [4.69, 9.17) is 0 Å². The number of hydrogen-bond acceptors (Lipinski definition) is 2. The lowest BCUT2D eigenvalue weighted by atomic mass is 10.00. The van der Waals surface area contributed by atoms with Crippen LogP contribution in [0, 0.1) is 5.82 Å². The van der Waals surface area contributed by atoms with Crippen LogP contribution in [0.2, 0.25) is 0 Å². The van der Waals surface area contributed by atoms with Crippen LogP contribution in [-0.2, 0) is 0 Å². The van der Waals surface area contributed by atoms with Crippen LogP contribution in [0.5, 0.6) is 5.75 Å². The van der Waals surface area contributed by atoms with Gasteiger partial charge in [0.05, 0.1) is 5.52 Å². The number of rotatable bonds is 1. The lowest BCUT2D eigenvalue weighted by Gasteiger charge is -2.08. The van der Waals surface area contributed by atoms with Gasteiger partial charge in [-0.2, -0.15) is 0 Å². The number of phenolic OH excluding ortho intramolecular Hbond substituents is 1. The highest BCUT2D eigenvalue weighted by molar-refractivity contribution is 5.95. The third-order valence-corrected chi connectivity index (χ3v) is 2.90. The lowest BCUT2D eigenvalue weighted by molar-refractivity contribution is 0.471. The maximum absolute atomic E-state index is 13.0. The molecule has 0 aliphatic rings. The number of halogens is 1. The van der Waals surface area contributed by atoms with Crippen molar-refractivity contribution in [3.8, 4) is 16.9 Å². The zero-order valence-corrected chi connectivity index (χ0v) is 9.47. The summed E-state index contributed by atoms with van der Waals surface area (Å²) in [6.45, 7) is 0. The summed E-state index contributed by atoms with van der Waals surface area (Å²) in [6, 6.07) is 13.5. The van der Waals surface area contributed by atoms with Gasteiger partial charge in [-0.3, -0.25) is 4.98 Å². The molecule has 3 rings (SSSR count). The molecule has 2 nitrogen and oxygen atoms in total. The van der Waals surface area contributed by atoms with E-state index in [-0.39, 0.29) is 5.75 Å². The Morgan fingerprint density at radius 3 is 2.67 bits per heavy atom. The first-order valence-corrected chi connectivity index (χ1v) is 5.58. The zero-order chi connectivity index (χ0) is 12.5. The normalized spacial score (nSPS) is 10.7. The SMILES string of the molecule is Oc1cc(F)ccc1-c1cccc2ncccc12. The first kappa shape index (κ1) is 10.7.